The van der Waals surface area contributed by atoms with Crippen LogP contribution >= 0.6 is 0 Å². The summed E-state index contributed by atoms with van der Waals surface area (Å²) in [5.74, 6) is 0.388. The van der Waals surface area contributed by atoms with Gasteiger partial charge >= 0.3 is 0 Å². The molecule has 0 amide bonds. The maximum atomic E-state index is 13.8. The van der Waals surface area contributed by atoms with Gasteiger partial charge in [-0.1, -0.05) is 30.3 Å². The van der Waals surface area contributed by atoms with Crippen molar-refractivity contribution in [3.8, 4) is 0 Å². The third kappa shape index (κ3) is 1.73. The van der Waals surface area contributed by atoms with E-state index in [0.29, 0.717) is 11.5 Å². The van der Waals surface area contributed by atoms with Crippen LogP contribution in [0, 0.1) is 5.82 Å². The van der Waals surface area contributed by atoms with E-state index < -0.39 is 0 Å². The molecule has 84 valence electrons. The molecular weight excluding hydrogens is 217 g/mol. The molecule has 3 rings (SSSR count). The second-order valence-corrected chi connectivity index (χ2v) is 3.73. The number of rotatable bonds is 2. The normalized spacial score (nSPS) is 10.6. The smallest absolute Gasteiger partial charge is 0.147 e. The molecule has 4 heteroatoms. The fraction of sp³-hybridized carbons (Fsp3) is 0. The summed E-state index contributed by atoms with van der Waals surface area (Å²) in [5, 5.41) is 4.85. The number of nitrogens with zero attached hydrogens (tertiary/aromatic N) is 1. The van der Waals surface area contributed by atoms with Gasteiger partial charge in [0, 0.05) is 5.39 Å². The highest BCUT2D eigenvalue weighted by Crippen LogP contribution is 2.28. The predicted octanol–water partition coefficient (Wildman–Crippen LogP) is 3.45. The molecule has 17 heavy (non-hydrogen) atoms. The molecule has 0 radical (unpaired) electrons. The molecule has 0 bridgehead atoms. The van der Waals surface area contributed by atoms with Crippen molar-refractivity contribution in [1.29, 1.82) is 0 Å². The largest absolute Gasteiger partial charge is 0.338 e. The Balaban J connectivity index is 2.17. The van der Waals surface area contributed by atoms with E-state index in [2.05, 4.69) is 15.3 Å². The number of aromatic nitrogens is 2. The second-order valence-electron chi connectivity index (χ2n) is 3.73. The molecule has 1 heterocycles. The molecule has 0 saturated heterocycles. The number of hydrogen-bond donors (Lipinski definition) is 2. The fourth-order valence-corrected chi connectivity index (χ4v) is 1.83. The first-order valence-corrected chi connectivity index (χ1v) is 5.27. The van der Waals surface area contributed by atoms with Crippen molar-refractivity contribution in [3.63, 3.8) is 0 Å². The van der Waals surface area contributed by atoms with Crippen molar-refractivity contribution in [2.45, 2.75) is 0 Å². The molecule has 0 unspecified atom stereocenters. The van der Waals surface area contributed by atoms with E-state index in [9.17, 15) is 4.39 Å². The second kappa shape index (κ2) is 3.90. The maximum Gasteiger partial charge on any atom is 0.147 e. The highest BCUT2D eigenvalue weighted by molar-refractivity contribution is 5.95. The summed E-state index contributed by atoms with van der Waals surface area (Å²) in [5.41, 5.74) is 0.465. The number of aromatic amines is 1. The van der Waals surface area contributed by atoms with Gasteiger partial charge in [0.15, 0.2) is 0 Å². The quantitative estimate of drug-likeness (QED) is 0.704. The van der Waals surface area contributed by atoms with Crippen molar-refractivity contribution < 1.29 is 4.39 Å². The number of hydrogen-bond acceptors (Lipinski definition) is 2. The minimum absolute atomic E-state index is 0.279. The van der Waals surface area contributed by atoms with Gasteiger partial charge in [-0.2, -0.15) is 0 Å². The zero-order valence-electron chi connectivity index (χ0n) is 8.94. The van der Waals surface area contributed by atoms with Crippen LogP contribution in [0.1, 0.15) is 0 Å². The summed E-state index contributed by atoms with van der Waals surface area (Å²) in [6.45, 7) is 0. The van der Waals surface area contributed by atoms with Crippen LogP contribution in [0.4, 0.5) is 15.9 Å². The number of halogens is 1. The van der Waals surface area contributed by atoms with Crippen LogP contribution < -0.4 is 5.32 Å². The zero-order valence-corrected chi connectivity index (χ0v) is 8.94. The van der Waals surface area contributed by atoms with Gasteiger partial charge in [0.05, 0.1) is 18.2 Å². The SMILES string of the molecule is Fc1ccc2ccccc2c1Nc1cnc[nH]1. The Bertz CT molecular complexity index is 647. The molecule has 0 aliphatic heterocycles. The topological polar surface area (TPSA) is 40.7 Å². The lowest BCUT2D eigenvalue weighted by Gasteiger charge is -2.09. The average molecular weight is 227 g/mol. The Morgan fingerprint density at radius 2 is 2.00 bits per heavy atom. The van der Waals surface area contributed by atoms with Crippen LogP contribution in [-0.4, -0.2) is 9.97 Å². The predicted molar refractivity (Wildman–Crippen MR) is 65.8 cm³/mol. The monoisotopic (exact) mass is 227 g/mol. The number of fused-ring (bicyclic) bond motifs is 1. The van der Waals surface area contributed by atoms with E-state index in [1.165, 1.54) is 6.07 Å². The Morgan fingerprint density at radius 1 is 1.12 bits per heavy atom. The summed E-state index contributed by atoms with van der Waals surface area (Å²) < 4.78 is 13.8. The number of imidazole rings is 1. The molecule has 2 N–H and O–H groups in total. The van der Waals surface area contributed by atoms with Crippen LogP contribution in [0.5, 0.6) is 0 Å². The van der Waals surface area contributed by atoms with Crippen molar-refractivity contribution in [3.05, 3.63) is 54.7 Å². The molecule has 2 aromatic carbocycles. The molecule has 3 aromatic rings. The molecule has 0 fully saturated rings. The average Bonchev–Trinajstić information content (AvgIpc) is 2.86. The van der Waals surface area contributed by atoms with Crippen LogP contribution in [-0.2, 0) is 0 Å². The summed E-state index contributed by atoms with van der Waals surface area (Å²) in [7, 11) is 0. The molecule has 0 saturated carbocycles. The first kappa shape index (κ1) is 9.84. The van der Waals surface area contributed by atoms with Crippen molar-refractivity contribution >= 4 is 22.3 Å². The molecule has 0 aliphatic rings. The lowest BCUT2D eigenvalue weighted by molar-refractivity contribution is 0.633. The summed E-state index contributed by atoms with van der Waals surface area (Å²) in [4.78, 5) is 6.78. The van der Waals surface area contributed by atoms with Gasteiger partial charge in [-0.05, 0) is 11.5 Å². The maximum absolute atomic E-state index is 13.8. The summed E-state index contributed by atoms with van der Waals surface area (Å²) >= 11 is 0. The van der Waals surface area contributed by atoms with E-state index in [1.807, 2.05) is 24.3 Å². The Morgan fingerprint density at radius 3 is 2.82 bits per heavy atom. The highest BCUT2D eigenvalue weighted by atomic mass is 19.1. The minimum atomic E-state index is -0.279. The van der Waals surface area contributed by atoms with Gasteiger partial charge in [0.2, 0.25) is 0 Å². The molecule has 0 aliphatic carbocycles. The summed E-state index contributed by atoms with van der Waals surface area (Å²) in [6, 6.07) is 10.9. The molecule has 0 atom stereocenters. The lowest BCUT2D eigenvalue weighted by Crippen LogP contribution is -1.95. The van der Waals surface area contributed by atoms with Gasteiger partial charge in [-0.15, -0.1) is 0 Å². The van der Waals surface area contributed by atoms with E-state index >= 15 is 0 Å². The van der Waals surface area contributed by atoms with Gasteiger partial charge in [0.25, 0.3) is 0 Å². The van der Waals surface area contributed by atoms with E-state index in [-0.39, 0.29) is 5.82 Å². The number of benzene rings is 2. The van der Waals surface area contributed by atoms with Gasteiger partial charge < -0.3 is 10.3 Å². The van der Waals surface area contributed by atoms with Gasteiger partial charge in [0.1, 0.15) is 11.6 Å². The van der Waals surface area contributed by atoms with E-state index in [4.69, 9.17) is 0 Å². The Kier molecular flexibility index (Phi) is 2.26. The number of anilines is 2. The van der Waals surface area contributed by atoms with Crippen LogP contribution in [0.2, 0.25) is 0 Å². The molecule has 3 nitrogen and oxygen atoms in total. The van der Waals surface area contributed by atoms with E-state index in [1.54, 1.807) is 18.6 Å². The van der Waals surface area contributed by atoms with E-state index in [0.717, 1.165) is 10.8 Å². The number of H-pyrrole nitrogens is 1. The van der Waals surface area contributed by atoms with Crippen molar-refractivity contribution in [1.82, 2.24) is 9.97 Å². The fourth-order valence-electron chi connectivity index (χ4n) is 1.83. The van der Waals surface area contributed by atoms with Gasteiger partial charge in [-0.25, -0.2) is 9.37 Å². The standard InChI is InChI=1S/C13H10FN3/c14-11-6-5-9-3-1-2-4-10(9)13(11)17-12-7-15-8-16-12/h1-8,17H,(H,15,16). The Labute approximate surface area is 97.3 Å². The summed E-state index contributed by atoms with van der Waals surface area (Å²) in [6.07, 6.45) is 3.16. The van der Waals surface area contributed by atoms with Crippen LogP contribution in [0.25, 0.3) is 10.8 Å². The molecular formula is C13H10FN3. The number of nitrogens with one attached hydrogen (secondary N) is 2. The van der Waals surface area contributed by atoms with Gasteiger partial charge in [-0.3, -0.25) is 0 Å². The van der Waals surface area contributed by atoms with Crippen molar-refractivity contribution in [2.24, 2.45) is 0 Å². The third-order valence-electron chi connectivity index (χ3n) is 2.64. The highest BCUT2D eigenvalue weighted by Gasteiger charge is 2.07. The lowest BCUT2D eigenvalue weighted by atomic mass is 10.1. The Hall–Kier alpha value is -2.36. The first-order valence-electron chi connectivity index (χ1n) is 5.27. The van der Waals surface area contributed by atoms with Crippen LogP contribution in [0.3, 0.4) is 0 Å². The molecule has 1 aromatic heterocycles. The third-order valence-corrected chi connectivity index (χ3v) is 2.64. The van der Waals surface area contributed by atoms with Crippen LogP contribution in [0.15, 0.2) is 48.9 Å². The minimum Gasteiger partial charge on any atom is -0.338 e. The van der Waals surface area contributed by atoms with Crippen molar-refractivity contribution in [2.75, 3.05) is 5.32 Å². The molecule has 0 spiro atoms. The zero-order chi connectivity index (χ0) is 11.7. The first-order chi connectivity index (χ1) is 8.34.